The van der Waals surface area contributed by atoms with Gasteiger partial charge in [-0.1, -0.05) is 6.92 Å². The summed E-state index contributed by atoms with van der Waals surface area (Å²) in [6.07, 6.45) is 0.687. The lowest BCUT2D eigenvalue weighted by molar-refractivity contribution is -0.136. The van der Waals surface area contributed by atoms with Gasteiger partial charge in [-0.05, 0) is 12.5 Å². The minimum absolute atomic E-state index is 0.0865. The Hall–Kier alpha value is -1.85. The van der Waals surface area contributed by atoms with Crippen molar-refractivity contribution < 1.29 is 14.7 Å². The molecule has 1 amide bonds. The number of H-pyrrole nitrogens is 1. The lowest BCUT2D eigenvalue weighted by Crippen LogP contribution is -2.26. The molecule has 1 aromatic heterocycles. The number of hydrogen-bond acceptors (Lipinski definition) is 3. The number of rotatable bonds is 5. The normalized spacial score (nSPS) is 9.93. The third kappa shape index (κ3) is 3.41. The fourth-order valence-corrected chi connectivity index (χ4v) is 1.03. The summed E-state index contributed by atoms with van der Waals surface area (Å²) in [5.41, 5.74) is 1.16. The van der Waals surface area contributed by atoms with E-state index in [2.05, 4.69) is 15.5 Å². The second kappa shape index (κ2) is 5.14. The van der Waals surface area contributed by atoms with Crippen molar-refractivity contribution in [3.63, 3.8) is 0 Å². The number of carboxylic acid groups (broad SMARTS) is 1. The maximum Gasteiger partial charge on any atom is 0.305 e. The van der Waals surface area contributed by atoms with E-state index in [-0.39, 0.29) is 24.6 Å². The fourth-order valence-electron chi connectivity index (χ4n) is 1.03. The first kappa shape index (κ1) is 11.2. The number of aliphatic carboxylic acids is 1. The molecule has 6 nitrogen and oxygen atoms in total. The fraction of sp³-hybridized carbons (Fsp3) is 0.444. The van der Waals surface area contributed by atoms with Crippen LogP contribution in [0.5, 0.6) is 0 Å². The molecular weight excluding hydrogens is 198 g/mol. The van der Waals surface area contributed by atoms with Crippen LogP contribution in [-0.4, -0.2) is 33.7 Å². The standard InChI is InChI=1S/C9H13N3O3/c1-2-6-5-7(12-11-6)9(15)10-4-3-8(13)14/h5H,2-4H2,1H3,(H,10,15)(H,11,12)(H,13,14). The SMILES string of the molecule is CCc1cc(C(=O)NCCC(=O)O)n[nH]1. The second-order valence-corrected chi connectivity index (χ2v) is 3.03. The molecule has 1 heterocycles. The number of hydrogen-bond donors (Lipinski definition) is 3. The first-order chi connectivity index (χ1) is 7.13. The van der Waals surface area contributed by atoms with Gasteiger partial charge in [-0.2, -0.15) is 5.10 Å². The Kier molecular flexibility index (Phi) is 3.84. The van der Waals surface area contributed by atoms with Gasteiger partial charge in [0.15, 0.2) is 0 Å². The van der Waals surface area contributed by atoms with Gasteiger partial charge < -0.3 is 10.4 Å². The van der Waals surface area contributed by atoms with Gasteiger partial charge in [-0.15, -0.1) is 0 Å². The molecule has 0 aliphatic rings. The molecule has 0 radical (unpaired) electrons. The lowest BCUT2D eigenvalue weighted by atomic mass is 10.3. The Morgan fingerprint density at radius 2 is 2.33 bits per heavy atom. The van der Waals surface area contributed by atoms with Crippen LogP contribution in [0.25, 0.3) is 0 Å². The van der Waals surface area contributed by atoms with Crippen molar-refractivity contribution >= 4 is 11.9 Å². The predicted octanol–water partition coefficient (Wildman–Crippen LogP) is 0.177. The highest BCUT2D eigenvalue weighted by Crippen LogP contribution is 1.99. The van der Waals surface area contributed by atoms with Gasteiger partial charge in [-0.3, -0.25) is 14.7 Å². The van der Waals surface area contributed by atoms with Crippen LogP contribution in [0.1, 0.15) is 29.5 Å². The zero-order valence-corrected chi connectivity index (χ0v) is 8.41. The van der Waals surface area contributed by atoms with Crippen molar-refractivity contribution in [1.82, 2.24) is 15.5 Å². The Morgan fingerprint density at radius 1 is 1.60 bits per heavy atom. The minimum Gasteiger partial charge on any atom is -0.481 e. The van der Waals surface area contributed by atoms with Gasteiger partial charge in [0.1, 0.15) is 5.69 Å². The predicted molar refractivity (Wildman–Crippen MR) is 52.6 cm³/mol. The number of carbonyl (C=O) groups is 2. The maximum atomic E-state index is 11.4. The molecule has 0 saturated carbocycles. The molecule has 0 bridgehead atoms. The number of amides is 1. The van der Waals surface area contributed by atoms with Gasteiger partial charge in [0.05, 0.1) is 6.42 Å². The lowest BCUT2D eigenvalue weighted by Gasteiger charge is -1.98. The van der Waals surface area contributed by atoms with Crippen LogP contribution in [0.2, 0.25) is 0 Å². The molecule has 82 valence electrons. The van der Waals surface area contributed by atoms with Crippen LogP contribution < -0.4 is 5.32 Å². The quantitative estimate of drug-likeness (QED) is 0.647. The van der Waals surface area contributed by atoms with Gasteiger partial charge in [-0.25, -0.2) is 0 Å². The molecule has 0 spiro atoms. The van der Waals surface area contributed by atoms with E-state index in [0.29, 0.717) is 0 Å². The van der Waals surface area contributed by atoms with Gasteiger partial charge in [0, 0.05) is 12.2 Å². The van der Waals surface area contributed by atoms with Crippen LogP contribution in [0, 0.1) is 0 Å². The molecular formula is C9H13N3O3. The van der Waals surface area contributed by atoms with E-state index in [1.54, 1.807) is 6.07 Å². The number of aromatic amines is 1. The number of nitrogens with zero attached hydrogens (tertiary/aromatic N) is 1. The van der Waals surface area contributed by atoms with Crippen molar-refractivity contribution in [3.05, 3.63) is 17.5 Å². The maximum absolute atomic E-state index is 11.4. The number of carbonyl (C=O) groups excluding carboxylic acids is 1. The first-order valence-electron chi connectivity index (χ1n) is 4.67. The van der Waals surface area contributed by atoms with E-state index in [9.17, 15) is 9.59 Å². The van der Waals surface area contributed by atoms with Gasteiger partial charge >= 0.3 is 5.97 Å². The van der Waals surface area contributed by atoms with E-state index in [1.165, 1.54) is 0 Å². The minimum atomic E-state index is -0.938. The molecule has 0 aliphatic carbocycles. The topological polar surface area (TPSA) is 95.1 Å². The molecule has 6 heteroatoms. The van der Waals surface area contributed by atoms with E-state index in [0.717, 1.165) is 12.1 Å². The second-order valence-electron chi connectivity index (χ2n) is 3.03. The Morgan fingerprint density at radius 3 is 2.87 bits per heavy atom. The Balaban J connectivity index is 2.43. The van der Waals surface area contributed by atoms with Gasteiger partial charge in [0.2, 0.25) is 0 Å². The summed E-state index contributed by atoms with van der Waals surface area (Å²) in [7, 11) is 0. The van der Waals surface area contributed by atoms with E-state index < -0.39 is 5.97 Å². The largest absolute Gasteiger partial charge is 0.481 e. The van der Waals surface area contributed by atoms with Crippen molar-refractivity contribution in [2.24, 2.45) is 0 Å². The zero-order valence-electron chi connectivity index (χ0n) is 8.41. The summed E-state index contributed by atoms with van der Waals surface area (Å²) < 4.78 is 0. The van der Waals surface area contributed by atoms with Crippen molar-refractivity contribution in [2.45, 2.75) is 19.8 Å². The summed E-state index contributed by atoms with van der Waals surface area (Å²) in [4.78, 5) is 21.6. The Bertz CT molecular complexity index is 359. The summed E-state index contributed by atoms with van der Waals surface area (Å²) in [5.74, 6) is -1.29. The monoisotopic (exact) mass is 211 g/mol. The Labute approximate surface area is 86.7 Å². The van der Waals surface area contributed by atoms with Crippen molar-refractivity contribution in [1.29, 1.82) is 0 Å². The smallest absolute Gasteiger partial charge is 0.305 e. The highest BCUT2D eigenvalue weighted by molar-refractivity contribution is 5.92. The first-order valence-corrected chi connectivity index (χ1v) is 4.67. The van der Waals surface area contributed by atoms with Crippen molar-refractivity contribution in [3.8, 4) is 0 Å². The molecule has 0 saturated heterocycles. The molecule has 1 aromatic rings. The van der Waals surface area contributed by atoms with E-state index in [1.807, 2.05) is 6.92 Å². The molecule has 0 aromatic carbocycles. The number of carboxylic acids is 1. The van der Waals surface area contributed by atoms with Crippen molar-refractivity contribution in [2.75, 3.05) is 6.54 Å². The molecule has 3 N–H and O–H groups in total. The summed E-state index contributed by atoms with van der Waals surface area (Å²) in [6, 6.07) is 1.65. The number of nitrogens with one attached hydrogen (secondary N) is 2. The average molecular weight is 211 g/mol. The third-order valence-corrected chi connectivity index (χ3v) is 1.87. The number of aryl methyl sites for hydroxylation is 1. The average Bonchev–Trinajstić information content (AvgIpc) is 2.65. The number of aromatic nitrogens is 2. The zero-order chi connectivity index (χ0) is 11.3. The summed E-state index contributed by atoms with van der Waals surface area (Å²) >= 11 is 0. The molecule has 0 atom stereocenters. The van der Waals surface area contributed by atoms with Crippen LogP contribution in [0.3, 0.4) is 0 Å². The third-order valence-electron chi connectivity index (χ3n) is 1.87. The highest BCUT2D eigenvalue weighted by atomic mass is 16.4. The highest BCUT2D eigenvalue weighted by Gasteiger charge is 2.09. The van der Waals surface area contributed by atoms with E-state index in [4.69, 9.17) is 5.11 Å². The molecule has 15 heavy (non-hydrogen) atoms. The molecule has 0 fully saturated rings. The molecule has 0 unspecified atom stereocenters. The van der Waals surface area contributed by atoms with Crippen LogP contribution in [-0.2, 0) is 11.2 Å². The van der Waals surface area contributed by atoms with Crippen LogP contribution in [0.4, 0.5) is 0 Å². The van der Waals surface area contributed by atoms with Crippen LogP contribution in [0.15, 0.2) is 6.07 Å². The summed E-state index contributed by atoms with van der Waals surface area (Å²) in [6.45, 7) is 2.06. The summed E-state index contributed by atoms with van der Waals surface area (Å²) in [5, 5.41) is 17.3. The molecule has 1 rings (SSSR count). The van der Waals surface area contributed by atoms with Gasteiger partial charge in [0.25, 0.3) is 5.91 Å². The van der Waals surface area contributed by atoms with E-state index >= 15 is 0 Å². The van der Waals surface area contributed by atoms with Crippen LogP contribution >= 0.6 is 0 Å². The molecule has 0 aliphatic heterocycles.